The Morgan fingerprint density at radius 3 is 2.15 bits per heavy atom. The fourth-order valence-electron chi connectivity index (χ4n) is 1.38. The van der Waals surface area contributed by atoms with Crippen molar-refractivity contribution in [1.82, 2.24) is 5.32 Å². The van der Waals surface area contributed by atoms with Gasteiger partial charge < -0.3 is 10.4 Å². The molecule has 3 atom stereocenters. The molecule has 0 rings (SSSR count). The Labute approximate surface area is 82.7 Å². The smallest absolute Gasteiger partial charge is 0.0636 e. The molecule has 0 aromatic carbocycles. The van der Waals surface area contributed by atoms with E-state index in [9.17, 15) is 0 Å². The number of aliphatic hydroxyl groups excluding tert-OH is 1. The number of nitrogens with one attached hydrogen (secondary N) is 1. The van der Waals surface area contributed by atoms with Crippen LogP contribution >= 0.6 is 0 Å². The van der Waals surface area contributed by atoms with Gasteiger partial charge in [-0.15, -0.1) is 0 Å². The zero-order valence-electron chi connectivity index (χ0n) is 9.51. The van der Waals surface area contributed by atoms with E-state index < -0.39 is 0 Å². The molecule has 0 saturated carbocycles. The van der Waals surface area contributed by atoms with Gasteiger partial charge >= 0.3 is 0 Å². The Bertz CT molecular complexity index is 115. The molecule has 0 aromatic heterocycles. The van der Waals surface area contributed by atoms with Crippen LogP contribution in [0.25, 0.3) is 0 Å². The van der Waals surface area contributed by atoms with E-state index in [1.807, 2.05) is 6.92 Å². The summed E-state index contributed by atoms with van der Waals surface area (Å²) in [6, 6.07) is 0.574. The van der Waals surface area contributed by atoms with Crippen LogP contribution < -0.4 is 5.32 Å². The van der Waals surface area contributed by atoms with Gasteiger partial charge in [-0.1, -0.05) is 27.2 Å². The van der Waals surface area contributed by atoms with Gasteiger partial charge in [0, 0.05) is 12.6 Å². The zero-order valence-corrected chi connectivity index (χ0v) is 9.51. The molecule has 2 nitrogen and oxygen atoms in total. The number of aliphatic hydroxyl groups is 1. The van der Waals surface area contributed by atoms with E-state index in [1.54, 1.807) is 0 Å². The van der Waals surface area contributed by atoms with Gasteiger partial charge in [0.05, 0.1) is 6.10 Å². The predicted octanol–water partition coefficient (Wildman–Crippen LogP) is 2.17. The van der Waals surface area contributed by atoms with Crippen LogP contribution in [0.2, 0.25) is 0 Å². The average Bonchev–Trinajstić information content (AvgIpc) is 2.11. The second-order valence-electron chi connectivity index (χ2n) is 4.11. The SMILES string of the molecule is CCC(C)CC(CC)NC[C@@H](C)O. The van der Waals surface area contributed by atoms with Crippen molar-refractivity contribution in [2.45, 2.75) is 59.1 Å². The molecule has 0 aliphatic heterocycles. The zero-order chi connectivity index (χ0) is 10.3. The first-order valence-electron chi connectivity index (χ1n) is 5.51. The normalized spacial score (nSPS) is 18.2. The first-order valence-corrected chi connectivity index (χ1v) is 5.51. The molecule has 80 valence electrons. The summed E-state index contributed by atoms with van der Waals surface area (Å²) in [6.45, 7) is 9.25. The lowest BCUT2D eigenvalue weighted by Crippen LogP contribution is -2.35. The topological polar surface area (TPSA) is 32.3 Å². The maximum absolute atomic E-state index is 9.13. The summed E-state index contributed by atoms with van der Waals surface area (Å²) >= 11 is 0. The summed E-state index contributed by atoms with van der Waals surface area (Å²) in [6.07, 6.45) is 3.38. The molecule has 0 radical (unpaired) electrons. The first kappa shape index (κ1) is 12.9. The van der Waals surface area contributed by atoms with Crippen LogP contribution in [0.15, 0.2) is 0 Å². The fraction of sp³-hybridized carbons (Fsp3) is 1.00. The van der Waals surface area contributed by atoms with Crippen LogP contribution in [0.5, 0.6) is 0 Å². The summed E-state index contributed by atoms with van der Waals surface area (Å²) in [5.41, 5.74) is 0. The highest BCUT2D eigenvalue weighted by Gasteiger charge is 2.10. The van der Waals surface area contributed by atoms with Crippen molar-refractivity contribution in [3.8, 4) is 0 Å². The Hall–Kier alpha value is -0.0800. The van der Waals surface area contributed by atoms with Gasteiger partial charge in [0.25, 0.3) is 0 Å². The summed E-state index contributed by atoms with van der Waals surface area (Å²) in [5, 5.41) is 12.5. The van der Waals surface area contributed by atoms with Crippen molar-refractivity contribution < 1.29 is 5.11 Å². The molecule has 0 fully saturated rings. The summed E-state index contributed by atoms with van der Waals surface area (Å²) < 4.78 is 0. The summed E-state index contributed by atoms with van der Waals surface area (Å²) in [4.78, 5) is 0. The molecular weight excluding hydrogens is 162 g/mol. The van der Waals surface area contributed by atoms with E-state index in [-0.39, 0.29) is 6.10 Å². The Balaban J connectivity index is 3.62. The van der Waals surface area contributed by atoms with E-state index in [0.29, 0.717) is 6.04 Å². The molecule has 0 spiro atoms. The highest BCUT2D eigenvalue weighted by Crippen LogP contribution is 2.11. The fourth-order valence-corrected chi connectivity index (χ4v) is 1.38. The van der Waals surface area contributed by atoms with Crippen LogP contribution in [0, 0.1) is 5.92 Å². The third-order valence-electron chi connectivity index (χ3n) is 2.58. The van der Waals surface area contributed by atoms with Gasteiger partial charge in [-0.2, -0.15) is 0 Å². The molecular formula is C11H25NO. The molecule has 2 heteroatoms. The molecule has 2 N–H and O–H groups in total. The van der Waals surface area contributed by atoms with Crippen LogP contribution in [-0.2, 0) is 0 Å². The number of hydrogen-bond donors (Lipinski definition) is 2. The van der Waals surface area contributed by atoms with E-state index in [0.717, 1.165) is 18.9 Å². The number of hydrogen-bond acceptors (Lipinski definition) is 2. The molecule has 0 heterocycles. The third kappa shape index (κ3) is 7.03. The minimum atomic E-state index is -0.231. The largest absolute Gasteiger partial charge is 0.392 e. The number of rotatable bonds is 7. The maximum atomic E-state index is 9.13. The van der Waals surface area contributed by atoms with Crippen molar-refractivity contribution in [3.05, 3.63) is 0 Å². The molecule has 0 aliphatic carbocycles. The highest BCUT2D eigenvalue weighted by molar-refractivity contribution is 4.69. The lowest BCUT2D eigenvalue weighted by atomic mass is 9.98. The van der Waals surface area contributed by atoms with Crippen LogP contribution in [0.1, 0.15) is 47.0 Å². The lowest BCUT2D eigenvalue weighted by molar-refractivity contribution is 0.182. The molecule has 0 amide bonds. The average molecular weight is 187 g/mol. The molecule has 0 saturated heterocycles. The minimum Gasteiger partial charge on any atom is -0.392 e. The predicted molar refractivity (Wildman–Crippen MR) is 57.8 cm³/mol. The lowest BCUT2D eigenvalue weighted by Gasteiger charge is -2.21. The van der Waals surface area contributed by atoms with Gasteiger partial charge in [0.15, 0.2) is 0 Å². The minimum absolute atomic E-state index is 0.231. The van der Waals surface area contributed by atoms with Crippen molar-refractivity contribution in [3.63, 3.8) is 0 Å². The van der Waals surface area contributed by atoms with Crippen molar-refractivity contribution in [2.24, 2.45) is 5.92 Å². The van der Waals surface area contributed by atoms with E-state index in [1.165, 1.54) is 12.8 Å². The quantitative estimate of drug-likeness (QED) is 0.640. The van der Waals surface area contributed by atoms with Crippen LogP contribution in [0.4, 0.5) is 0 Å². The van der Waals surface area contributed by atoms with E-state index in [2.05, 4.69) is 26.1 Å². The standard InChI is InChI=1S/C11H25NO/c1-5-9(3)7-11(6-2)12-8-10(4)13/h9-13H,5-8H2,1-4H3/t9?,10-,11?/m1/s1. The highest BCUT2D eigenvalue weighted by atomic mass is 16.3. The Morgan fingerprint density at radius 1 is 1.15 bits per heavy atom. The van der Waals surface area contributed by atoms with Gasteiger partial charge in [-0.3, -0.25) is 0 Å². The van der Waals surface area contributed by atoms with Gasteiger partial charge in [-0.25, -0.2) is 0 Å². The Kier molecular flexibility index (Phi) is 7.29. The summed E-state index contributed by atoms with van der Waals surface area (Å²) in [7, 11) is 0. The van der Waals surface area contributed by atoms with Crippen molar-refractivity contribution >= 4 is 0 Å². The second-order valence-corrected chi connectivity index (χ2v) is 4.11. The van der Waals surface area contributed by atoms with Gasteiger partial charge in [-0.05, 0) is 25.7 Å². The Morgan fingerprint density at radius 2 is 1.77 bits per heavy atom. The maximum Gasteiger partial charge on any atom is 0.0636 e. The van der Waals surface area contributed by atoms with E-state index in [4.69, 9.17) is 5.11 Å². The second kappa shape index (κ2) is 7.34. The first-order chi connectivity index (χ1) is 6.10. The molecule has 0 bridgehead atoms. The third-order valence-corrected chi connectivity index (χ3v) is 2.58. The van der Waals surface area contributed by atoms with Crippen LogP contribution in [0.3, 0.4) is 0 Å². The van der Waals surface area contributed by atoms with Crippen molar-refractivity contribution in [2.75, 3.05) is 6.54 Å². The molecule has 2 unspecified atom stereocenters. The van der Waals surface area contributed by atoms with E-state index >= 15 is 0 Å². The summed E-state index contributed by atoms with van der Waals surface area (Å²) in [5.74, 6) is 0.784. The molecule has 0 aliphatic rings. The monoisotopic (exact) mass is 187 g/mol. The van der Waals surface area contributed by atoms with Gasteiger partial charge in [0.2, 0.25) is 0 Å². The molecule has 0 aromatic rings. The van der Waals surface area contributed by atoms with Gasteiger partial charge in [0.1, 0.15) is 0 Å². The van der Waals surface area contributed by atoms with Crippen LogP contribution in [-0.4, -0.2) is 23.8 Å². The van der Waals surface area contributed by atoms with Crippen molar-refractivity contribution in [1.29, 1.82) is 0 Å². The molecule has 13 heavy (non-hydrogen) atoms.